The first-order chi connectivity index (χ1) is 12.5. The van der Waals surface area contributed by atoms with Gasteiger partial charge in [0.05, 0.1) is 5.71 Å². The van der Waals surface area contributed by atoms with Gasteiger partial charge < -0.3 is 10.2 Å². The lowest BCUT2D eigenvalue weighted by atomic mass is 9.70. The van der Waals surface area contributed by atoms with E-state index in [1.807, 2.05) is 26.0 Å². The maximum absolute atomic E-state index is 14.2. The average molecular weight is 421 g/mol. The lowest BCUT2D eigenvalue weighted by Gasteiger charge is -2.39. The minimum Gasteiger partial charge on any atom is -0.378 e. The van der Waals surface area contributed by atoms with Crippen LogP contribution in [0.3, 0.4) is 0 Å². The topological polar surface area (TPSA) is 45.4 Å². The Labute approximate surface area is 166 Å². The molecule has 3 aliphatic rings. The van der Waals surface area contributed by atoms with E-state index in [-0.39, 0.29) is 27.8 Å². The van der Waals surface area contributed by atoms with Gasteiger partial charge in [0.25, 0.3) is 0 Å². The highest BCUT2D eigenvalue weighted by Gasteiger charge is 2.66. The Bertz CT molecular complexity index is 771. The van der Waals surface area contributed by atoms with Crippen molar-refractivity contribution >= 4 is 34.6 Å². The third-order valence-corrected chi connectivity index (χ3v) is 6.58. The van der Waals surface area contributed by atoms with Crippen LogP contribution in [-0.4, -0.2) is 23.2 Å². The molecule has 0 radical (unpaired) electrons. The third-order valence-electron chi connectivity index (χ3n) is 5.89. The quantitative estimate of drug-likeness (QED) is 0.542. The van der Waals surface area contributed by atoms with Crippen molar-refractivity contribution in [1.82, 2.24) is 0 Å². The van der Waals surface area contributed by atoms with Gasteiger partial charge in [-0.3, -0.25) is 0 Å². The van der Waals surface area contributed by atoms with Crippen LogP contribution in [0, 0.1) is 35.0 Å². The number of allylic oxidation sites excluding steroid dienone is 5. The predicted octanol–water partition coefficient (Wildman–Crippen LogP) is 6.05. The molecule has 3 rings (SSSR count). The van der Waals surface area contributed by atoms with Gasteiger partial charge in [0.15, 0.2) is 0 Å². The van der Waals surface area contributed by atoms with Crippen LogP contribution in [0.15, 0.2) is 39.5 Å². The maximum Gasteiger partial charge on any atom is 0.431 e. The highest BCUT2D eigenvalue weighted by molar-refractivity contribution is 6.35. The molecule has 6 atom stereocenters. The molecule has 27 heavy (non-hydrogen) atoms. The van der Waals surface area contributed by atoms with Crippen LogP contribution in [0.4, 0.5) is 13.2 Å². The van der Waals surface area contributed by atoms with E-state index in [4.69, 9.17) is 33.4 Å². The summed E-state index contributed by atoms with van der Waals surface area (Å²) in [6.45, 7) is 5.35. The Morgan fingerprint density at radius 3 is 2.48 bits per heavy atom. The Hall–Kier alpha value is -1.27. The molecule has 0 bridgehead atoms. The first kappa shape index (κ1) is 20.5. The zero-order valence-electron chi connectivity index (χ0n) is 15.1. The van der Waals surface area contributed by atoms with Gasteiger partial charge in [-0.1, -0.05) is 67.4 Å². The maximum atomic E-state index is 14.2. The Morgan fingerprint density at radius 2 is 1.85 bits per heavy atom. The number of hydrogen-bond donors (Lipinski definition) is 1. The Morgan fingerprint density at radius 1 is 1.19 bits per heavy atom. The van der Waals surface area contributed by atoms with Crippen molar-refractivity contribution in [3.05, 3.63) is 34.4 Å². The second-order valence-corrected chi connectivity index (χ2v) is 8.45. The van der Waals surface area contributed by atoms with E-state index in [0.717, 1.165) is 0 Å². The molecule has 0 aromatic carbocycles. The van der Waals surface area contributed by atoms with Crippen LogP contribution in [-0.2, 0) is 4.84 Å². The largest absolute Gasteiger partial charge is 0.431 e. The zero-order valence-corrected chi connectivity index (χ0v) is 16.7. The molecule has 3 nitrogen and oxygen atoms in total. The van der Waals surface area contributed by atoms with E-state index in [1.54, 1.807) is 6.92 Å². The van der Waals surface area contributed by atoms with E-state index in [9.17, 15) is 13.2 Å². The van der Waals surface area contributed by atoms with Crippen LogP contribution in [0.25, 0.3) is 0 Å². The molecule has 0 aromatic rings. The standard InChI is InChI=1S/C19H21Cl2F3N2O/c1-9-4-5-13(10(2)17(9)25)16-8-18(27-26-16,19(22,23)24)14-6-12(20)7-15(21)11(14)3/h4-7,9-11,13-14,25H,8H2,1-3H3. The summed E-state index contributed by atoms with van der Waals surface area (Å²) in [6, 6.07) is 0. The van der Waals surface area contributed by atoms with E-state index in [0.29, 0.717) is 11.4 Å². The highest BCUT2D eigenvalue weighted by Crippen LogP contribution is 2.53. The van der Waals surface area contributed by atoms with Gasteiger partial charge in [-0.15, -0.1) is 0 Å². The molecule has 1 N–H and O–H groups in total. The van der Waals surface area contributed by atoms with E-state index >= 15 is 0 Å². The molecule has 0 amide bonds. The monoisotopic (exact) mass is 420 g/mol. The summed E-state index contributed by atoms with van der Waals surface area (Å²) in [5.41, 5.74) is -1.74. The van der Waals surface area contributed by atoms with Crippen molar-refractivity contribution in [2.45, 2.75) is 39.0 Å². The molecular weight excluding hydrogens is 400 g/mol. The van der Waals surface area contributed by atoms with Crippen LogP contribution in [0.5, 0.6) is 0 Å². The first-order valence-corrected chi connectivity index (χ1v) is 9.56. The van der Waals surface area contributed by atoms with E-state index < -0.39 is 30.0 Å². The summed E-state index contributed by atoms with van der Waals surface area (Å²) in [4.78, 5) is 5.16. The lowest BCUT2D eigenvalue weighted by molar-refractivity contribution is -0.286. The van der Waals surface area contributed by atoms with Crippen LogP contribution in [0.2, 0.25) is 0 Å². The Kier molecular flexibility index (Phi) is 5.28. The molecule has 6 unspecified atom stereocenters. The Balaban J connectivity index is 1.96. The van der Waals surface area contributed by atoms with Crippen molar-refractivity contribution in [3.8, 4) is 0 Å². The van der Waals surface area contributed by atoms with Gasteiger partial charge in [-0.25, -0.2) is 0 Å². The van der Waals surface area contributed by atoms with Crippen LogP contribution < -0.4 is 0 Å². The van der Waals surface area contributed by atoms with Crippen molar-refractivity contribution < 1.29 is 18.0 Å². The number of nitrogens with zero attached hydrogens (tertiary/aromatic N) is 1. The number of halogens is 5. The van der Waals surface area contributed by atoms with Crippen molar-refractivity contribution in [1.29, 1.82) is 5.41 Å². The van der Waals surface area contributed by atoms with Gasteiger partial charge in [0.1, 0.15) is 0 Å². The fourth-order valence-electron chi connectivity index (χ4n) is 4.07. The third kappa shape index (κ3) is 3.35. The van der Waals surface area contributed by atoms with Gasteiger partial charge in [-0.2, -0.15) is 13.2 Å². The number of alkyl halides is 3. The molecule has 1 heterocycles. The van der Waals surface area contributed by atoms with Gasteiger partial charge in [0.2, 0.25) is 5.60 Å². The number of hydrogen-bond acceptors (Lipinski definition) is 3. The molecule has 1 aliphatic heterocycles. The van der Waals surface area contributed by atoms with Crippen LogP contribution >= 0.6 is 23.2 Å². The average Bonchev–Trinajstić information content (AvgIpc) is 3.02. The summed E-state index contributed by atoms with van der Waals surface area (Å²) < 4.78 is 42.6. The summed E-state index contributed by atoms with van der Waals surface area (Å²) in [5.74, 6) is -2.35. The predicted molar refractivity (Wildman–Crippen MR) is 101 cm³/mol. The van der Waals surface area contributed by atoms with Gasteiger partial charge >= 0.3 is 6.18 Å². The molecule has 0 spiro atoms. The van der Waals surface area contributed by atoms with E-state index in [2.05, 4.69) is 5.16 Å². The molecule has 2 aliphatic carbocycles. The summed E-state index contributed by atoms with van der Waals surface area (Å²) in [7, 11) is 0. The molecule has 0 saturated carbocycles. The molecule has 0 fully saturated rings. The molecule has 0 saturated heterocycles. The number of rotatable bonds is 2. The lowest BCUT2D eigenvalue weighted by Crippen LogP contribution is -2.54. The minimum absolute atomic E-state index is 0.0319. The van der Waals surface area contributed by atoms with Gasteiger partial charge in [-0.05, 0) is 6.08 Å². The number of nitrogens with one attached hydrogen (secondary N) is 1. The smallest absolute Gasteiger partial charge is 0.378 e. The normalized spacial score (nSPS) is 39.6. The summed E-state index contributed by atoms with van der Waals surface area (Å²) >= 11 is 12.1. The fourth-order valence-corrected chi connectivity index (χ4v) is 4.64. The SMILES string of the molecule is CC1C=CC(C2=NOC(C3C=C(Cl)C=C(Cl)C3C)(C(F)(F)F)C2)C(C)C1=N. The van der Waals surface area contributed by atoms with Crippen molar-refractivity contribution in [3.63, 3.8) is 0 Å². The molecule has 148 valence electrons. The van der Waals surface area contributed by atoms with Gasteiger partial charge in [0, 0.05) is 51.8 Å². The highest BCUT2D eigenvalue weighted by atomic mass is 35.5. The molecule has 8 heteroatoms. The molecular formula is C19H21Cl2F3N2O. The zero-order chi connectivity index (χ0) is 20.1. The first-order valence-electron chi connectivity index (χ1n) is 8.80. The van der Waals surface area contributed by atoms with Crippen molar-refractivity contribution in [2.24, 2.45) is 34.7 Å². The fraction of sp³-hybridized carbons (Fsp3) is 0.579. The van der Waals surface area contributed by atoms with E-state index in [1.165, 1.54) is 12.2 Å². The second kappa shape index (κ2) is 6.96. The number of oxime groups is 1. The summed E-state index contributed by atoms with van der Waals surface area (Å²) in [6.07, 6.45) is 1.41. The second-order valence-electron chi connectivity index (χ2n) is 7.58. The minimum atomic E-state index is -4.66. The molecule has 0 aromatic heterocycles. The van der Waals surface area contributed by atoms with Crippen LogP contribution in [0.1, 0.15) is 27.2 Å². The van der Waals surface area contributed by atoms with Crippen molar-refractivity contribution in [2.75, 3.05) is 0 Å². The summed E-state index contributed by atoms with van der Waals surface area (Å²) in [5, 5.41) is 12.5.